The third-order valence-electron chi connectivity index (χ3n) is 3.82. The molecule has 0 spiro atoms. The van der Waals surface area contributed by atoms with E-state index in [1.165, 1.54) is 16.8 Å². The molecule has 2 aromatic rings. The lowest BCUT2D eigenvalue weighted by molar-refractivity contribution is 0.385. The van der Waals surface area contributed by atoms with Gasteiger partial charge in [-0.25, -0.2) is 0 Å². The van der Waals surface area contributed by atoms with Crippen LogP contribution in [0.4, 0.5) is 0 Å². The van der Waals surface area contributed by atoms with Crippen molar-refractivity contribution < 1.29 is 4.42 Å². The van der Waals surface area contributed by atoms with Crippen LogP contribution in [-0.2, 0) is 19.5 Å². The Kier molecular flexibility index (Phi) is 4.57. The molecular weight excluding hydrogens is 262 g/mol. The highest BCUT2D eigenvalue weighted by Crippen LogP contribution is 2.18. The number of nitrogens with zero attached hydrogens (tertiary/aromatic N) is 2. The molecule has 0 aliphatic heterocycles. The summed E-state index contributed by atoms with van der Waals surface area (Å²) in [5, 5.41) is 8.13. The maximum atomic E-state index is 5.63. The highest BCUT2D eigenvalue weighted by molar-refractivity contribution is 5.26. The van der Waals surface area contributed by atoms with E-state index in [0.717, 1.165) is 31.0 Å². The van der Waals surface area contributed by atoms with Gasteiger partial charge in [-0.1, -0.05) is 6.92 Å². The average Bonchev–Trinajstić information content (AvgIpc) is 2.92. The molecule has 21 heavy (non-hydrogen) atoms. The van der Waals surface area contributed by atoms with Gasteiger partial charge in [0.1, 0.15) is 5.76 Å². The number of aromatic nitrogens is 2. The first-order valence-corrected chi connectivity index (χ1v) is 7.65. The van der Waals surface area contributed by atoms with Gasteiger partial charge in [-0.3, -0.25) is 4.68 Å². The summed E-state index contributed by atoms with van der Waals surface area (Å²) in [4.78, 5) is 0. The Hall–Kier alpha value is -1.55. The van der Waals surface area contributed by atoms with Crippen molar-refractivity contribution >= 4 is 0 Å². The van der Waals surface area contributed by atoms with Gasteiger partial charge in [-0.2, -0.15) is 5.10 Å². The largest absolute Gasteiger partial charge is 0.468 e. The Bertz CT molecular complexity index is 602. The van der Waals surface area contributed by atoms with Gasteiger partial charge in [0.15, 0.2) is 0 Å². The monoisotopic (exact) mass is 289 g/mol. The Morgan fingerprint density at radius 3 is 2.57 bits per heavy atom. The Morgan fingerprint density at radius 2 is 2.00 bits per heavy atom. The fourth-order valence-electron chi connectivity index (χ4n) is 2.57. The van der Waals surface area contributed by atoms with Crippen LogP contribution in [0.2, 0.25) is 0 Å². The third-order valence-corrected chi connectivity index (χ3v) is 3.82. The normalized spacial score (nSPS) is 12.1. The van der Waals surface area contributed by atoms with Gasteiger partial charge in [0, 0.05) is 16.8 Å². The standard InChI is InChI=1S/C17H27N3O/c1-7-15-12(2)19-20(13(15)3)11-14-8-9-21-16(14)10-18-17(4,5)6/h8-9,18H,7,10-11H2,1-6H3. The Morgan fingerprint density at radius 1 is 1.29 bits per heavy atom. The molecule has 2 rings (SSSR count). The number of aryl methyl sites for hydroxylation is 1. The molecular formula is C17H27N3O. The van der Waals surface area contributed by atoms with E-state index in [1.807, 2.05) is 6.07 Å². The number of furan rings is 1. The molecule has 2 aromatic heterocycles. The minimum absolute atomic E-state index is 0.0810. The second-order valence-corrected chi connectivity index (χ2v) is 6.63. The van der Waals surface area contributed by atoms with Gasteiger partial charge < -0.3 is 9.73 Å². The predicted molar refractivity (Wildman–Crippen MR) is 85.5 cm³/mol. The summed E-state index contributed by atoms with van der Waals surface area (Å²) in [6, 6.07) is 2.04. The molecule has 0 saturated carbocycles. The molecule has 0 aromatic carbocycles. The lowest BCUT2D eigenvalue weighted by Gasteiger charge is -2.20. The van der Waals surface area contributed by atoms with E-state index < -0.39 is 0 Å². The topological polar surface area (TPSA) is 43.0 Å². The number of rotatable bonds is 5. The fourth-order valence-corrected chi connectivity index (χ4v) is 2.57. The number of hydrogen-bond donors (Lipinski definition) is 1. The molecule has 116 valence electrons. The van der Waals surface area contributed by atoms with Crippen molar-refractivity contribution in [1.29, 1.82) is 0 Å². The molecule has 1 N–H and O–H groups in total. The smallest absolute Gasteiger partial charge is 0.122 e. The third kappa shape index (κ3) is 3.76. The van der Waals surface area contributed by atoms with Crippen molar-refractivity contribution in [1.82, 2.24) is 15.1 Å². The molecule has 4 heteroatoms. The maximum absolute atomic E-state index is 5.63. The van der Waals surface area contributed by atoms with Gasteiger partial charge >= 0.3 is 0 Å². The van der Waals surface area contributed by atoms with Crippen LogP contribution in [0.3, 0.4) is 0 Å². The van der Waals surface area contributed by atoms with Crippen molar-refractivity contribution in [3.63, 3.8) is 0 Å². The van der Waals surface area contributed by atoms with Crippen LogP contribution in [0.15, 0.2) is 16.7 Å². The van der Waals surface area contributed by atoms with Crippen LogP contribution in [0.5, 0.6) is 0 Å². The molecule has 0 aliphatic carbocycles. The molecule has 0 fully saturated rings. The second kappa shape index (κ2) is 6.06. The molecule has 0 radical (unpaired) electrons. The first kappa shape index (κ1) is 15.8. The minimum Gasteiger partial charge on any atom is -0.468 e. The van der Waals surface area contributed by atoms with E-state index in [-0.39, 0.29) is 5.54 Å². The molecule has 0 saturated heterocycles. The zero-order chi connectivity index (χ0) is 15.6. The molecule has 4 nitrogen and oxygen atoms in total. The molecule has 0 aliphatic rings. The van der Waals surface area contributed by atoms with Crippen LogP contribution in [0.25, 0.3) is 0 Å². The zero-order valence-corrected chi connectivity index (χ0v) is 14.1. The highest BCUT2D eigenvalue weighted by Gasteiger charge is 2.15. The molecule has 0 atom stereocenters. The van der Waals surface area contributed by atoms with Crippen molar-refractivity contribution in [2.45, 2.75) is 66.6 Å². The van der Waals surface area contributed by atoms with Gasteiger partial charge in [0.2, 0.25) is 0 Å². The van der Waals surface area contributed by atoms with E-state index in [2.05, 4.69) is 56.6 Å². The summed E-state index contributed by atoms with van der Waals surface area (Å²) in [6.45, 7) is 14.4. The zero-order valence-electron chi connectivity index (χ0n) is 14.1. The lowest BCUT2D eigenvalue weighted by Crippen LogP contribution is -2.35. The van der Waals surface area contributed by atoms with Crippen molar-refractivity contribution in [3.05, 3.63) is 40.6 Å². The first-order chi connectivity index (χ1) is 9.81. The first-order valence-electron chi connectivity index (χ1n) is 7.65. The van der Waals surface area contributed by atoms with Gasteiger partial charge in [0.25, 0.3) is 0 Å². The van der Waals surface area contributed by atoms with E-state index in [4.69, 9.17) is 4.42 Å². The summed E-state index contributed by atoms with van der Waals surface area (Å²) in [7, 11) is 0. The second-order valence-electron chi connectivity index (χ2n) is 6.63. The summed E-state index contributed by atoms with van der Waals surface area (Å²) >= 11 is 0. The predicted octanol–water partition coefficient (Wildman–Crippen LogP) is 3.59. The van der Waals surface area contributed by atoms with Crippen molar-refractivity contribution in [2.24, 2.45) is 0 Å². The van der Waals surface area contributed by atoms with Crippen molar-refractivity contribution in [2.75, 3.05) is 0 Å². The van der Waals surface area contributed by atoms with Crippen LogP contribution < -0.4 is 5.32 Å². The number of hydrogen-bond acceptors (Lipinski definition) is 3. The maximum Gasteiger partial charge on any atom is 0.122 e. The molecule has 0 bridgehead atoms. The summed E-state index contributed by atoms with van der Waals surface area (Å²) in [6.07, 6.45) is 2.79. The van der Waals surface area contributed by atoms with Gasteiger partial charge in [-0.05, 0) is 52.7 Å². The van der Waals surface area contributed by atoms with E-state index in [0.29, 0.717) is 0 Å². The SMILES string of the molecule is CCc1c(C)nn(Cc2ccoc2CNC(C)(C)C)c1C. The quantitative estimate of drug-likeness (QED) is 0.914. The van der Waals surface area contributed by atoms with E-state index in [1.54, 1.807) is 6.26 Å². The Labute approximate surface area is 127 Å². The van der Waals surface area contributed by atoms with Crippen LogP contribution in [0.1, 0.15) is 56.0 Å². The summed E-state index contributed by atoms with van der Waals surface area (Å²) in [5.74, 6) is 0.996. The average molecular weight is 289 g/mol. The molecule has 0 amide bonds. The summed E-state index contributed by atoms with van der Waals surface area (Å²) in [5.41, 5.74) is 5.02. The Balaban J connectivity index is 2.16. The molecule has 2 heterocycles. The van der Waals surface area contributed by atoms with Crippen LogP contribution in [-0.4, -0.2) is 15.3 Å². The van der Waals surface area contributed by atoms with E-state index >= 15 is 0 Å². The van der Waals surface area contributed by atoms with Gasteiger partial charge in [-0.15, -0.1) is 0 Å². The number of nitrogens with one attached hydrogen (secondary N) is 1. The van der Waals surface area contributed by atoms with Crippen LogP contribution >= 0.6 is 0 Å². The van der Waals surface area contributed by atoms with Crippen LogP contribution in [0, 0.1) is 13.8 Å². The fraction of sp³-hybridized carbons (Fsp3) is 0.588. The summed E-state index contributed by atoms with van der Waals surface area (Å²) < 4.78 is 7.71. The minimum atomic E-state index is 0.0810. The highest BCUT2D eigenvalue weighted by atomic mass is 16.3. The van der Waals surface area contributed by atoms with Gasteiger partial charge in [0.05, 0.1) is 25.0 Å². The molecule has 0 unspecified atom stereocenters. The van der Waals surface area contributed by atoms with Crippen molar-refractivity contribution in [3.8, 4) is 0 Å². The van der Waals surface area contributed by atoms with E-state index in [9.17, 15) is 0 Å². The lowest BCUT2D eigenvalue weighted by atomic mass is 10.1.